The molecule has 1 N–H and O–H groups in total. The van der Waals surface area contributed by atoms with Gasteiger partial charge in [0.15, 0.2) is 18.1 Å². The molecule has 0 aliphatic carbocycles. The van der Waals surface area contributed by atoms with Crippen LogP contribution in [0.15, 0.2) is 36.4 Å². The van der Waals surface area contributed by atoms with Crippen LogP contribution in [0.2, 0.25) is 0 Å². The van der Waals surface area contributed by atoms with Gasteiger partial charge in [0.2, 0.25) is 0 Å². The first-order chi connectivity index (χ1) is 12.6. The Labute approximate surface area is 156 Å². The molecule has 0 saturated heterocycles. The van der Waals surface area contributed by atoms with Gasteiger partial charge in [-0.25, -0.2) is 4.98 Å². The summed E-state index contributed by atoms with van der Waals surface area (Å²) in [4.78, 5) is 16.0. The molecule has 0 saturated carbocycles. The fourth-order valence-corrected chi connectivity index (χ4v) is 3.27. The zero-order chi connectivity index (χ0) is 18.5. The van der Waals surface area contributed by atoms with Gasteiger partial charge >= 0.3 is 0 Å². The van der Waals surface area contributed by atoms with Crippen LogP contribution >= 0.6 is 11.3 Å². The van der Waals surface area contributed by atoms with Crippen molar-refractivity contribution in [3.8, 4) is 11.5 Å². The largest absolute Gasteiger partial charge is 0.493 e. The van der Waals surface area contributed by atoms with Crippen molar-refractivity contribution in [1.82, 2.24) is 10.3 Å². The number of ether oxygens (including phenoxy) is 2. The highest BCUT2D eigenvalue weighted by atomic mass is 32.1. The van der Waals surface area contributed by atoms with Crippen LogP contribution < -0.4 is 14.8 Å². The molecule has 0 atom stereocenters. The number of thiazole rings is 1. The molecule has 1 amide bonds. The second-order valence-corrected chi connectivity index (χ2v) is 6.79. The van der Waals surface area contributed by atoms with Crippen LogP contribution in [0.25, 0.3) is 22.4 Å². The third-order valence-corrected chi connectivity index (χ3v) is 4.80. The number of nitrogens with one attached hydrogen (secondary N) is 1. The van der Waals surface area contributed by atoms with E-state index in [4.69, 9.17) is 9.47 Å². The molecule has 0 radical (unpaired) electrons. The van der Waals surface area contributed by atoms with Gasteiger partial charge in [0.05, 0.1) is 17.3 Å². The predicted octanol–water partition coefficient (Wildman–Crippen LogP) is 3.91. The summed E-state index contributed by atoms with van der Waals surface area (Å²) in [7, 11) is 3.14. The van der Waals surface area contributed by atoms with E-state index in [-0.39, 0.29) is 12.5 Å². The normalized spacial score (nSPS) is 11.0. The second kappa shape index (κ2) is 8.01. The van der Waals surface area contributed by atoms with E-state index in [1.54, 1.807) is 31.6 Å². The molecule has 0 aliphatic rings. The molecule has 1 heterocycles. The average molecular weight is 368 g/mol. The quantitative estimate of drug-likeness (QED) is 0.717. The number of carbonyl (C=O) groups excluding carboxylic acids is 1. The molecule has 0 spiro atoms. The van der Waals surface area contributed by atoms with Gasteiger partial charge in [-0.1, -0.05) is 18.2 Å². The third-order valence-electron chi connectivity index (χ3n) is 3.80. The van der Waals surface area contributed by atoms with E-state index in [0.717, 1.165) is 16.1 Å². The van der Waals surface area contributed by atoms with Gasteiger partial charge in [0.25, 0.3) is 5.91 Å². The predicted molar refractivity (Wildman–Crippen MR) is 106 cm³/mol. The maximum atomic E-state index is 11.3. The lowest BCUT2D eigenvalue weighted by atomic mass is 10.2. The minimum Gasteiger partial charge on any atom is -0.493 e. The van der Waals surface area contributed by atoms with Crippen molar-refractivity contribution < 1.29 is 14.3 Å². The van der Waals surface area contributed by atoms with E-state index < -0.39 is 0 Å². The lowest BCUT2D eigenvalue weighted by Gasteiger charge is -2.10. The van der Waals surface area contributed by atoms with Crippen molar-refractivity contribution in [2.45, 2.75) is 6.92 Å². The average Bonchev–Trinajstić information content (AvgIpc) is 3.06. The number of methoxy groups -OCH3 is 1. The van der Waals surface area contributed by atoms with Gasteiger partial charge in [0.1, 0.15) is 5.01 Å². The summed E-state index contributed by atoms with van der Waals surface area (Å²) in [5, 5.41) is 3.46. The van der Waals surface area contributed by atoms with E-state index >= 15 is 0 Å². The fourth-order valence-electron chi connectivity index (χ4n) is 2.42. The Morgan fingerprint density at radius 3 is 2.81 bits per heavy atom. The van der Waals surface area contributed by atoms with Crippen molar-refractivity contribution in [1.29, 1.82) is 0 Å². The molecule has 5 nitrogen and oxygen atoms in total. The maximum absolute atomic E-state index is 11.3. The topological polar surface area (TPSA) is 60.5 Å². The number of fused-ring (bicyclic) bond motifs is 1. The number of rotatable bonds is 6. The SMILES string of the molecule is CNC(=O)COc1ccc(/C=C/c2nc3cc(C)ccc3s2)cc1OC. The highest BCUT2D eigenvalue weighted by Crippen LogP contribution is 2.29. The summed E-state index contributed by atoms with van der Waals surface area (Å²) in [6, 6.07) is 11.9. The first-order valence-corrected chi connectivity index (χ1v) is 8.97. The Kier molecular flexibility index (Phi) is 5.53. The highest BCUT2D eigenvalue weighted by molar-refractivity contribution is 7.19. The van der Waals surface area contributed by atoms with Crippen LogP contribution in [0.1, 0.15) is 16.1 Å². The fraction of sp³-hybridized carbons (Fsp3) is 0.200. The standard InChI is InChI=1S/C20H20N2O3S/c1-13-4-8-18-15(10-13)22-20(26-18)9-6-14-5-7-16(17(11-14)24-3)25-12-19(23)21-2/h4-11H,12H2,1-3H3,(H,21,23)/b9-6+. The van der Waals surface area contributed by atoms with Gasteiger partial charge in [0, 0.05) is 7.05 Å². The third kappa shape index (κ3) is 4.21. The zero-order valence-corrected chi connectivity index (χ0v) is 15.7. The van der Waals surface area contributed by atoms with Crippen LogP contribution in [0.3, 0.4) is 0 Å². The molecule has 0 unspecified atom stereocenters. The van der Waals surface area contributed by atoms with Gasteiger partial charge in [-0.05, 0) is 48.4 Å². The molecule has 0 fully saturated rings. The number of hydrogen-bond acceptors (Lipinski definition) is 5. The number of nitrogens with zero attached hydrogens (tertiary/aromatic N) is 1. The van der Waals surface area contributed by atoms with Crippen molar-refractivity contribution >= 4 is 39.6 Å². The summed E-state index contributed by atoms with van der Waals surface area (Å²) >= 11 is 1.65. The van der Waals surface area contributed by atoms with Crippen molar-refractivity contribution in [2.24, 2.45) is 0 Å². The van der Waals surface area contributed by atoms with Crippen LogP contribution in [0, 0.1) is 6.92 Å². The summed E-state index contributed by atoms with van der Waals surface area (Å²) in [6.07, 6.45) is 3.97. The van der Waals surface area contributed by atoms with E-state index in [2.05, 4.69) is 35.4 Å². The number of aromatic nitrogens is 1. The highest BCUT2D eigenvalue weighted by Gasteiger charge is 2.07. The van der Waals surface area contributed by atoms with Gasteiger partial charge in [-0.3, -0.25) is 4.79 Å². The summed E-state index contributed by atoms with van der Waals surface area (Å²) in [5.41, 5.74) is 3.19. The number of hydrogen-bond donors (Lipinski definition) is 1. The van der Waals surface area contributed by atoms with E-state index in [0.29, 0.717) is 11.5 Å². The minimum absolute atomic E-state index is 0.0484. The number of carbonyl (C=O) groups is 1. The number of benzene rings is 2. The lowest BCUT2D eigenvalue weighted by molar-refractivity contribution is -0.122. The molecule has 6 heteroatoms. The smallest absolute Gasteiger partial charge is 0.257 e. The molecule has 134 valence electrons. The Morgan fingerprint density at radius 2 is 2.04 bits per heavy atom. The minimum atomic E-state index is -0.193. The molecule has 0 aliphatic heterocycles. The summed E-state index contributed by atoms with van der Waals surface area (Å²) < 4.78 is 12.0. The molecule has 3 aromatic rings. The van der Waals surface area contributed by atoms with Crippen molar-refractivity contribution in [2.75, 3.05) is 20.8 Å². The maximum Gasteiger partial charge on any atom is 0.257 e. The van der Waals surface area contributed by atoms with Crippen LogP contribution in [-0.4, -0.2) is 31.7 Å². The summed E-state index contributed by atoms with van der Waals surface area (Å²) in [6.45, 7) is 2.02. The van der Waals surface area contributed by atoms with E-state index in [9.17, 15) is 4.79 Å². The lowest BCUT2D eigenvalue weighted by Crippen LogP contribution is -2.24. The van der Waals surface area contributed by atoms with Crippen molar-refractivity contribution in [3.05, 3.63) is 52.5 Å². The van der Waals surface area contributed by atoms with Gasteiger partial charge in [-0.15, -0.1) is 11.3 Å². The van der Waals surface area contributed by atoms with E-state index in [1.165, 1.54) is 10.3 Å². The number of aryl methyl sites for hydroxylation is 1. The molecular weight excluding hydrogens is 348 g/mol. The second-order valence-electron chi connectivity index (χ2n) is 5.73. The molecular formula is C20H20N2O3S. The Bertz CT molecular complexity index is 963. The van der Waals surface area contributed by atoms with Crippen LogP contribution in [0.4, 0.5) is 0 Å². The van der Waals surface area contributed by atoms with Gasteiger partial charge < -0.3 is 14.8 Å². The first kappa shape index (κ1) is 17.9. The van der Waals surface area contributed by atoms with Crippen LogP contribution in [-0.2, 0) is 4.79 Å². The molecule has 3 rings (SSSR count). The monoisotopic (exact) mass is 368 g/mol. The number of likely N-dealkylation sites (N-methyl/N-ethyl adjacent to an activating group) is 1. The Hall–Kier alpha value is -2.86. The zero-order valence-electron chi connectivity index (χ0n) is 14.9. The molecule has 1 aromatic heterocycles. The van der Waals surface area contributed by atoms with Crippen molar-refractivity contribution in [3.63, 3.8) is 0 Å². The molecule has 26 heavy (non-hydrogen) atoms. The van der Waals surface area contributed by atoms with Crippen LogP contribution in [0.5, 0.6) is 11.5 Å². The van der Waals surface area contributed by atoms with E-state index in [1.807, 2.05) is 24.3 Å². The number of amides is 1. The Balaban J connectivity index is 1.77. The first-order valence-electron chi connectivity index (χ1n) is 8.16. The molecule has 0 bridgehead atoms. The molecule has 2 aromatic carbocycles. The summed E-state index contributed by atoms with van der Waals surface area (Å²) in [5.74, 6) is 0.918. The van der Waals surface area contributed by atoms with Gasteiger partial charge in [-0.2, -0.15) is 0 Å². The Morgan fingerprint density at radius 1 is 1.19 bits per heavy atom.